The van der Waals surface area contributed by atoms with Crippen LogP contribution in [0.15, 0.2) is 58.5 Å². The molecule has 0 aliphatic carbocycles. The van der Waals surface area contributed by atoms with Gasteiger partial charge in [-0.1, -0.05) is 18.2 Å². The number of carbonyl (C=O) groups is 1. The minimum atomic E-state index is -0.180. The molecule has 0 fully saturated rings. The molecule has 2 aromatic carbocycles. The van der Waals surface area contributed by atoms with Gasteiger partial charge in [0.2, 0.25) is 5.91 Å². The molecule has 0 unspecified atom stereocenters. The number of aromatic nitrogens is 1. The van der Waals surface area contributed by atoms with Crippen LogP contribution in [0.3, 0.4) is 0 Å². The fraction of sp³-hybridized carbons (Fsp3) is 0.150. The SMILES string of the molecule is Cc1cc(SCC(=O)N/N=C/c2ccc(O)cc2)c2cccc(C)c2n1. The molecule has 0 saturated carbocycles. The van der Waals surface area contributed by atoms with Crippen LogP contribution in [0.2, 0.25) is 0 Å². The third kappa shape index (κ3) is 4.40. The number of nitrogens with zero attached hydrogens (tertiary/aromatic N) is 2. The number of aromatic hydroxyl groups is 1. The third-order valence-corrected chi connectivity index (χ3v) is 4.84. The summed E-state index contributed by atoms with van der Waals surface area (Å²) >= 11 is 1.47. The van der Waals surface area contributed by atoms with Crippen molar-refractivity contribution in [2.45, 2.75) is 18.7 Å². The van der Waals surface area contributed by atoms with E-state index in [0.29, 0.717) is 0 Å². The Kier molecular flexibility index (Phi) is 5.53. The minimum absolute atomic E-state index is 0.180. The smallest absolute Gasteiger partial charge is 0.250 e. The van der Waals surface area contributed by atoms with Crippen molar-refractivity contribution in [2.24, 2.45) is 5.10 Å². The second-order valence-electron chi connectivity index (χ2n) is 5.91. The van der Waals surface area contributed by atoms with E-state index in [9.17, 15) is 9.90 Å². The van der Waals surface area contributed by atoms with Gasteiger partial charge in [-0.25, -0.2) is 5.43 Å². The lowest BCUT2D eigenvalue weighted by atomic mass is 10.1. The van der Waals surface area contributed by atoms with Gasteiger partial charge in [0, 0.05) is 16.0 Å². The molecule has 132 valence electrons. The number of amides is 1. The summed E-state index contributed by atoms with van der Waals surface area (Å²) in [7, 11) is 0. The number of hydrogen-bond donors (Lipinski definition) is 2. The Morgan fingerprint density at radius 3 is 2.77 bits per heavy atom. The number of hydrazone groups is 1. The Morgan fingerprint density at radius 2 is 2.00 bits per heavy atom. The van der Waals surface area contributed by atoms with Crippen molar-refractivity contribution < 1.29 is 9.90 Å². The van der Waals surface area contributed by atoms with Gasteiger partial charge in [-0.15, -0.1) is 11.8 Å². The molecule has 0 aliphatic rings. The number of thioether (sulfide) groups is 1. The lowest BCUT2D eigenvalue weighted by molar-refractivity contribution is -0.118. The molecule has 3 aromatic rings. The van der Waals surface area contributed by atoms with Crippen molar-refractivity contribution in [3.63, 3.8) is 0 Å². The Labute approximate surface area is 156 Å². The summed E-state index contributed by atoms with van der Waals surface area (Å²) in [4.78, 5) is 17.7. The average Bonchev–Trinajstić information content (AvgIpc) is 2.62. The van der Waals surface area contributed by atoms with E-state index >= 15 is 0 Å². The highest BCUT2D eigenvalue weighted by Gasteiger charge is 2.09. The van der Waals surface area contributed by atoms with Gasteiger partial charge in [0.1, 0.15) is 5.75 Å². The summed E-state index contributed by atoms with van der Waals surface area (Å²) in [5, 5.41) is 14.2. The maximum absolute atomic E-state index is 12.0. The molecule has 0 radical (unpaired) electrons. The predicted molar refractivity (Wildman–Crippen MR) is 106 cm³/mol. The highest BCUT2D eigenvalue weighted by molar-refractivity contribution is 8.00. The number of aryl methyl sites for hydroxylation is 2. The molecule has 5 nitrogen and oxygen atoms in total. The van der Waals surface area contributed by atoms with Gasteiger partial charge >= 0.3 is 0 Å². The van der Waals surface area contributed by atoms with Crippen molar-refractivity contribution in [1.82, 2.24) is 10.4 Å². The summed E-state index contributed by atoms with van der Waals surface area (Å²) in [5.41, 5.74) is 6.34. The van der Waals surface area contributed by atoms with Gasteiger partial charge in [-0.05, 0) is 55.3 Å². The van der Waals surface area contributed by atoms with Crippen LogP contribution in [0.4, 0.5) is 0 Å². The Hall–Kier alpha value is -2.86. The van der Waals surface area contributed by atoms with E-state index in [4.69, 9.17) is 0 Å². The topological polar surface area (TPSA) is 74.6 Å². The van der Waals surface area contributed by atoms with E-state index in [1.54, 1.807) is 24.3 Å². The lowest BCUT2D eigenvalue weighted by Crippen LogP contribution is -2.19. The van der Waals surface area contributed by atoms with Gasteiger partial charge < -0.3 is 5.11 Å². The second-order valence-corrected chi connectivity index (χ2v) is 6.92. The lowest BCUT2D eigenvalue weighted by Gasteiger charge is -2.09. The van der Waals surface area contributed by atoms with Crippen molar-refractivity contribution in [3.05, 3.63) is 65.4 Å². The second kappa shape index (κ2) is 8.01. The largest absolute Gasteiger partial charge is 0.508 e. The maximum Gasteiger partial charge on any atom is 0.250 e. The molecular weight excluding hydrogens is 346 g/mol. The summed E-state index contributed by atoms with van der Waals surface area (Å²) in [5.74, 6) is 0.275. The predicted octanol–water partition coefficient (Wildman–Crippen LogP) is 3.80. The summed E-state index contributed by atoms with van der Waals surface area (Å²) in [6, 6.07) is 14.6. The van der Waals surface area contributed by atoms with Crippen molar-refractivity contribution in [1.29, 1.82) is 0 Å². The number of phenols is 1. The maximum atomic E-state index is 12.0. The van der Waals surface area contributed by atoms with Crippen LogP contribution < -0.4 is 5.43 Å². The van der Waals surface area contributed by atoms with Crippen LogP contribution in [0.1, 0.15) is 16.8 Å². The third-order valence-electron chi connectivity index (χ3n) is 3.79. The van der Waals surface area contributed by atoms with E-state index in [-0.39, 0.29) is 17.4 Å². The number of phenolic OH excluding ortho intramolecular Hbond substituents is 1. The quantitative estimate of drug-likeness (QED) is 0.410. The molecule has 1 aromatic heterocycles. The molecule has 0 bridgehead atoms. The normalized spacial score (nSPS) is 11.2. The van der Waals surface area contributed by atoms with E-state index < -0.39 is 0 Å². The Morgan fingerprint density at radius 1 is 1.23 bits per heavy atom. The first kappa shape index (κ1) is 17.9. The molecule has 3 rings (SSSR count). The first-order valence-electron chi connectivity index (χ1n) is 8.13. The molecule has 0 saturated heterocycles. The number of rotatable bonds is 5. The highest BCUT2D eigenvalue weighted by Crippen LogP contribution is 2.29. The summed E-state index contributed by atoms with van der Waals surface area (Å²) in [6.45, 7) is 3.99. The van der Waals surface area contributed by atoms with Crippen LogP contribution in [-0.2, 0) is 4.79 Å². The van der Waals surface area contributed by atoms with Crippen LogP contribution in [0.5, 0.6) is 5.75 Å². The standard InChI is InChI=1S/C20H19N3O2S/c1-13-4-3-5-17-18(10-14(2)22-20(13)17)26-12-19(25)23-21-11-15-6-8-16(24)9-7-15/h3-11,24H,12H2,1-2H3,(H,23,25)/b21-11+. The fourth-order valence-electron chi connectivity index (χ4n) is 2.52. The van der Waals surface area contributed by atoms with Crippen LogP contribution in [0, 0.1) is 13.8 Å². The van der Waals surface area contributed by atoms with Gasteiger partial charge in [0.25, 0.3) is 0 Å². The zero-order chi connectivity index (χ0) is 18.5. The van der Waals surface area contributed by atoms with Crippen LogP contribution in [0.25, 0.3) is 10.9 Å². The first-order chi connectivity index (χ1) is 12.5. The molecule has 26 heavy (non-hydrogen) atoms. The number of benzene rings is 2. The zero-order valence-electron chi connectivity index (χ0n) is 14.6. The molecule has 6 heteroatoms. The fourth-order valence-corrected chi connectivity index (χ4v) is 3.44. The highest BCUT2D eigenvalue weighted by atomic mass is 32.2. The van der Waals surface area contributed by atoms with E-state index in [2.05, 4.69) is 15.5 Å². The molecule has 0 spiro atoms. The van der Waals surface area contributed by atoms with Crippen molar-refractivity contribution in [2.75, 3.05) is 5.75 Å². The number of nitrogens with one attached hydrogen (secondary N) is 1. The number of hydrogen-bond acceptors (Lipinski definition) is 5. The molecule has 0 aliphatic heterocycles. The van der Waals surface area contributed by atoms with Crippen molar-refractivity contribution in [3.8, 4) is 5.75 Å². The summed E-state index contributed by atoms with van der Waals surface area (Å²) < 4.78 is 0. The van der Waals surface area contributed by atoms with Crippen LogP contribution >= 0.6 is 11.8 Å². The van der Waals surface area contributed by atoms with E-state index in [1.807, 2.05) is 38.1 Å². The molecular formula is C20H19N3O2S. The Bertz CT molecular complexity index is 969. The molecule has 1 amide bonds. The monoisotopic (exact) mass is 365 g/mol. The van der Waals surface area contributed by atoms with Gasteiger partial charge in [-0.3, -0.25) is 9.78 Å². The Balaban J connectivity index is 1.64. The average molecular weight is 365 g/mol. The number of carbonyl (C=O) groups excluding carboxylic acids is 1. The minimum Gasteiger partial charge on any atom is -0.508 e. The molecule has 0 atom stereocenters. The number of fused-ring (bicyclic) bond motifs is 1. The number of pyridine rings is 1. The molecule has 1 heterocycles. The van der Waals surface area contributed by atoms with Gasteiger partial charge in [0.05, 0.1) is 17.5 Å². The first-order valence-corrected chi connectivity index (χ1v) is 9.12. The van der Waals surface area contributed by atoms with Gasteiger partial charge in [0.15, 0.2) is 0 Å². The number of para-hydroxylation sites is 1. The van der Waals surface area contributed by atoms with Crippen LogP contribution in [-0.4, -0.2) is 28.0 Å². The zero-order valence-corrected chi connectivity index (χ0v) is 15.4. The van der Waals surface area contributed by atoms with E-state index in [0.717, 1.165) is 32.6 Å². The molecule has 2 N–H and O–H groups in total. The van der Waals surface area contributed by atoms with Crippen molar-refractivity contribution >= 4 is 34.8 Å². The summed E-state index contributed by atoms with van der Waals surface area (Å²) in [6.07, 6.45) is 1.54. The van der Waals surface area contributed by atoms with E-state index in [1.165, 1.54) is 18.0 Å². The van der Waals surface area contributed by atoms with Gasteiger partial charge in [-0.2, -0.15) is 5.10 Å².